The molecule has 3 saturated carbocycles. The van der Waals surface area contributed by atoms with Crippen LogP contribution in [0.5, 0.6) is 0 Å². The molecule has 0 bridgehead atoms. The quantitative estimate of drug-likeness (QED) is 0.298. The Labute approximate surface area is 204 Å². The predicted octanol–water partition coefficient (Wildman–Crippen LogP) is 5.96. The van der Waals surface area contributed by atoms with Crippen molar-refractivity contribution in [1.29, 1.82) is 0 Å². The van der Waals surface area contributed by atoms with Gasteiger partial charge in [-0.3, -0.25) is 8.98 Å². The van der Waals surface area contributed by atoms with Crippen LogP contribution in [-0.2, 0) is 23.8 Å². The van der Waals surface area contributed by atoms with Gasteiger partial charge in [0.1, 0.15) is 6.10 Å². The molecule has 0 radical (unpaired) electrons. The molecule has 6 heteroatoms. The lowest BCUT2D eigenvalue weighted by Crippen LogP contribution is -2.51. The third-order valence-corrected chi connectivity index (χ3v) is 11.2. The van der Waals surface area contributed by atoms with Crippen molar-refractivity contribution in [3.63, 3.8) is 0 Å². The zero-order valence-electron chi connectivity index (χ0n) is 20.9. The minimum atomic E-state index is -3.78. The van der Waals surface area contributed by atoms with Crippen LogP contribution < -0.4 is 0 Å². The molecule has 1 aromatic carbocycles. The first-order valence-corrected chi connectivity index (χ1v) is 14.3. The van der Waals surface area contributed by atoms with Crippen LogP contribution in [0.4, 0.5) is 0 Å². The van der Waals surface area contributed by atoms with Gasteiger partial charge in [-0.15, -0.1) is 0 Å². The Hall–Kier alpha value is -1.66. The highest BCUT2D eigenvalue weighted by atomic mass is 32.2. The SMILES string of the molecule is CC(=O)O[C@H]1CC[C@@]2(C)C(=CC[C@@H]3[C@H]4CC[C@@H](OS(=O)(=O)c5ccc(C)cc5)[C@]4(C)CC[C@H]32)C1. The summed E-state index contributed by atoms with van der Waals surface area (Å²) >= 11 is 0. The van der Waals surface area contributed by atoms with Crippen LogP contribution in [0.25, 0.3) is 0 Å². The maximum absolute atomic E-state index is 13.1. The van der Waals surface area contributed by atoms with E-state index in [0.717, 1.165) is 56.9 Å². The largest absolute Gasteiger partial charge is 0.462 e. The van der Waals surface area contributed by atoms with Gasteiger partial charge in [-0.1, -0.05) is 43.2 Å². The van der Waals surface area contributed by atoms with Crippen LogP contribution in [0.15, 0.2) is 40.8 Å². The second-order valence-electron chi connectivity index (χ2n) is 11.7. The van der Waals surface area contributed by atoms with E-state index in [2.05, 4.69) is 19.9 Å². The standard InChI is InChI=1S/C28H38O5S/c1-18-5-8-22(9-6-18)34(30,31)33-26-12-11-24-23-10-7-20-17-21(32-19(2)29)13-15-27(20,3)25(23)14-16-28(24,26)4/h5-9,21,23-26H,10-17H2,1-4H3/t21-,23+,24+,25+,26+,27-,28+/m0/s1. The lowest BCUT2D eigenvalue weighted by molar-refractivity contribution is -0.148. The Morgan fingerprint density at radius 2 is 1.74 bits per heavy atom. The molecule has 5 rings (SSSR count). The fourth-order valence-electron chi connectivity index (χ4n) is 7.99. The molecule has 0 amide bonds. The van der Waals surface area contributed by atoms with E-state index in [9.17, 15) is 13.2 Å². The Morgan fingerprint density at radius 3 is 2.44 bits per heavy atom. The fourth-order valence-corrected chi connectivity index (χ4v) is 9.19. The summed E-state index contributed by atoms with van der Waals surface area (Å²) in [6.45, 7) is 8.15. The van der Waals surface area contributed by atoms with Gasteiger partial charge in [0.25, 0.3) is 10.1 Å². The number of ether oxygens (including phenoxy) is 1. The van der Waals surface area contributed by atoms with Gasteiger partial charge in [-0.05, 0) is 92.6 Å². The van der Waals surface area contributed by atoms with Gasteiger partial charge in [0.15, 0.2) is 0 Å². The van der Waals surface area contributed by atoms with Gasteiger partial charge in [-0.25, -0.2) is 0 Å². The fraction of sp³-hybridized carbons (Fsp3) is 0.679. The topological polar surface area (TPSA) is 69.7 Å². The molecule has 0 heterocycles. The summed E-state index contributed by atoms with van der Waals surface area (Å²) in [5, 5.41) is 0. The molecule has 4 aliphatic rings. The first kappa shape index (κ1) is 24.1. The van der Waals surface area contributed by atoms with E-state index in [1.807, 2.05) is 19.1 Å². The summed E-state index contributed by atoms with van der Waals surface area (Å²) in [6.07, 6.45) is 10.0. The van der Waals surface area contributed by atoms with Crippen molar-refractivity contribution in [1.82, 2.24) is 0 Å². The van der Waals surface area contributed by atoms with Gasteiger partial charge in [0.2, 0.25) is 0 Å². The number of fused-ring (bicyclic) bond motifs is 5. The average molecular weight is 487 g/mol. The molecule has 0 aromatic heterocycles. The van der Waals surface area contributed by atoms with E-state index in [-0.39, 0.29) is 33.9 Å². The molecule has 1 aromatic rings. The highest BCUT2D eigenvalue weighted by Crippen LogP contribution is 2.65. The Balaban J connectivity index is 1.35. The number of carbonyl (C=O) groups is 1. The molecular formula is C28H38O5S. The highest BCUT2D eigenvalue weighted by Gasteiger charge is 2.59. The van der Waals surface area contributed by atoms with Crippen LogP contribution in [0, 0.1) is 35.5 Å². The molecule has 5 nitrogen and oxygen atoms in total. The monoisotopic (exact) mass is 486 g/mol. The number of carbonyl (C=O) groups excluding carboxylic acids is 1. The van der Waals surface area contributed by atoms with Crippen molar-refractivity contribution >= 4 is 16.1 Å². The second kappa shape index (κ2) is 8.48. The Kier molecular flexibility index (Phi) is 6.00. The highest BCUT2D eigenvalue weighted by molar-refractivity contribution is 7.86. The van der Waals surface area contributed by atoms with Crippen molar-refractivity contribution in [2.24, 2.45) is 28.6 Å². The molecule has 0 N–H and O–H groups in total. The molecule has 4 aliphatic carbocycles. The van der Waals surface area contributed by atoms with Crippen LogP contribution in [0.3, 0.4) is 0 Å². The first-order valence-electron chi connectivity index (χ1n) is 12.9. The van der Waals surface area contributed by atoms with Gasteiger partial charge >= 0.3 is 5.97 Å². The lowest BCUT2D eigenvalue weighted by atomic mass is 9.48. The predicted molar refractivity (Wildman–Crippen MR) is 130 cm³/mol. The van der Waals surface area contributed by atoms with Crippen LogP contribution in [0.1, 0.15) is 77.7 Å². The normalized spacial score (nSPS) is 39.4. The maximum atomic E-state index is 13.1. The third kappa shape index (κ3) is 3.95. The molecule has 0 spiro atoms. The van der Waals surface area contributed by atoms with E-state index in [0.29, 0.717) is 17.8 Å². The molecular weight excluding hydrogens is 448 g/mol. The van der Waals surface area contributed by atoms with E-state index in [4.69, 9.17) is 8.92 Å². The summed E-state index contributed by atoms with van der Waals surface area (Å²) in [5.41, 5.74) is 2.55. The molecule has 0 unspecified atom stereocenters. The number of benzene rings is 1. The molecule has 3 fully saturated rings. The number of esters is 1. The van der Waals surface area contributed by atoms with Crippen molar-refractivity contribution in [2.45, 2.75) is 96.2 Å². The molecule has 186 valence electrons. The smallest absolute Gasteiger partial charge is 0.302 e. The zero-order valence-corrected chi connectivity index (χ0v) is 21.7. The number of rotatable bonds is 4. The molecule has 7 atom stereocenters. The zero-order chi connectivity index (χ0) is 24.3. The number of allylic oxidation sites excluding steroid dienone is 1. The second-order valence-corrected chi connectivity index (χ2v) is 13.3. The summed E-state index contributed by atoms with van der Waals surface area (Å²) in [5.74, 6) is 1.46. The van der Waals surface area contributed by atoms with Crippen molar-refractivity contribution in [2.75, 3.05) is 0 Å². The van der Waals surface area contributed by atoms with Gasteiger partial charge < -0.3 is 4.74 Å². The molecule has 0 aliphatic heterocycles. The van der Waals surface area contributed by atoms with Gasteiger partial charge in [-0.2, -0.15) is 8.42 Å². The maximum Gasteiger partial charge on any atom is 0.302 e. The Morgan fingerprint density at radius 1 is 1.00 bits per heavy atom. The first-order chi connectivity index (χ1) is 16.0. The summed E-state index contributed by atoms with van der Waals surface area (Å²) in [6, 6.07) is 6.94. The van der Waals surface area contributed by atoms with E-state index < -0.39 is 10.1 Å². The van der Waals surface area contributed by atoms with Crippen LogP contribution in [0.2, 0.25) is 0 Å². The lowest BCUT2D eigenvalue weighted by Gasteiger charge is -2.57. The van der Waals surface area contributed by atoms with Gasteiger partial charge in [0.05, 0.1) is 11.0 Å². The van der Waals surface area contributed by atoms with Gasteiger partial charge in [0, 0.05) is 13.3 Å². The minimum Gasteiger partial charge on any atom is -0.462 e. The minimum absolute atomic E-state index is 0.0125. The number of hydrogen-bond acceptors (Lipinski definition) is 5. The van der Waals surface area contributed by atoms with E-state index >= 15 is 0 Å². The molecule has 0 saturated heterocycles. The Bertz CT molecular complexity index is 1090. The summed E-state index contributed by atoms with van der Waals surface area (Å²) < 4.78 is 37.7. The van der Waals surface area contributed by atoms with Crippen molar-refractivity contribution < 1.29 is 22.1 Å². The summed E-state index contributed by atoms with van der Waals surface area (Å²) in [4.78, 5) is 11.7. The van der Waals surface area contributed by atoms with E-state index in [1.54, 1.807) is 12.1 Å². The number of hydrogen-bond donors (Lipinski definition) is 0. The number of aryl methyl sites for hydroxylation is 1. The van der Waals surface area contributed by atoms with Crippen LogP contribution in [-0.4, -0.2) is 26.6 Å². The van der Waals surface area contributed by atoms with Crippen LogP contribution >= 0.6 is 0 Å². The third-order valence-electron chi connectivity index (χ3n) is 9.86. The average Bonchev–Trinajstić information content (AvgIpc) is 3.09. The van der Waals surface area contributed by atoms with Crippen molar-refractivity contribution in [3.05, 3.63) is 41.5 Å². The van der Waals surface area contributed by atoms with E-state index in [1.165, 1.54) is 12.5 Å². The van der Waals surface area contributed by atoms with Crippen molar-refractivity contribution in [3.8, 4) is 0 Å². The summed E-state index contributed by atoms with van der Waals surface area (Å²) in [7, 11) is -3.78. The molecule has 34 heavy (non-hydrogen) atoms.